The van der Waals surface area contributed by atoms with Crippen molar-refractivity contribution in [1.29, 1.82) is 0 Å². The predicted molar refractivity (Wildman–Crippen MR) is 39.8 cm³/mol. The van der Waals surface area contributed by atoms with Crippen LogP contribution in [0, 0.1) is 6.07 Å². The normalized spacial score (nSPS) is 9.55. The van der Waals surface area contributed by atoms with Crippen LogP contribution in [0.4, 0.5) is 0 Å². The van der Waals surface area contributed by atoms with Gasteiger partial charge in [0.05, 0.1) is 12.7 Å². The van der Waals surface area contributed by atoms with Gasteiger partial charge >= 0.3 is 0 Å². The van der Waals surface area contributed by atoms with E-state index in [1.54, 1.807) is 0 Å². The van der Waals surface area contributed by atoms with Gasteiger partial charge in [0.25, 0.3) is 0 Å². The lowest BCUT2D eigenvalue weighted by Crippen LogP contribution is -1.90. The molecule has 0 aliphatic carbocycles. The Labute approximate surface area is 64.9 Å². The van der Waals surface area contributed by atoms with Gasteiger partial charge in [0.15, 0.2) is 0 Å². The predicted octanol–water partition coefficient (Wildman–Crippen LogP) is 1.30. The summed E-state index contributed by atoms with van der Waals surface area (Å²) in [5, 5.41) is 17.9. The van der Waals surface area contributed by atoms with E-state index in [-0.39, 0.29) is 11.5 Å². The average molecular weight is 153 g/mol. The van der Waals surface area contributed by atoms with E-state index in [2.05, 4.69) is 6.07 Å². The third kappa shape index (κ3) is 2.04. The van der Waals surface area contributed by atoms with Crippen LogP contribution in [0.2, 0.25) is 0 Å². The van der Waals surface area contributed by atoms with E-state index in [1.807, 2.05) is 6.92 Å². The van der Waals surface area contributed by atoms with Crippen molar-refractivity contribution in [3.63, 3.8) is 0 Å². The lowest BCUT2D eigenvalue weighted by Gasteiger charge is -2.02. The molecule has 0 aromatic heterocycles. The quantitative estimate of drug-likeness (QED) is 0.673. The van der Waals surface area contributed by atoms with Crippen LogP contribution in [-0.4, -0.2) is 16.8 Å². The molecule has 0 heterocycles. The van der Waals surface area contributed by atoms with Crippen molar-refractivity contribution in [2.24, 2.45) is 0 Å². The number of rotatable bonds is 2. The van der Waals surface area contributed by atoms with Gasteiger partial charge in [-0.1, -0.05) is 0 Å². The van der Waals surface area contributed by atoms with E-state index in [0.29, 0.717) is 12.4 Å². The highest BCUT2D eigenvalue weighted by atomic mass is 16.5. The molecule has 1 aromatic rings. The van der Waals surface area contributed by atoms with Crippen LogP contribution in [-0.2, 0) is 0 Å². The summed E-state index contributed by atoms with van der Waals surface area (Å²) < 4.78 is 4.99. The van der Waals surface area contributed by atoms with Gasteiger partial charge < -0.3 is 14.9 Å². The zero-order valence-electron chi connectivity index (χ0n) is 6.16. The minimum absolute atomic E-state index is 0.0234. The second-order valence-electron chi connectivity index (χ2n) is 2.02. The van der Waals surface area contributed by atoms with Crippen molar-refractivity contribution in [3.05, 3.63) is 18.2 Å². The number of aromatic hydroxyl groups is 2. The largest absolute Gasteiger partial charge is 0.508 e. The molecule has 0 aliphatic heterocycles. The molecule has 1 aromatic carbocycles. The number of phenols is 2. The Balaban J connectivity index is 2.89. The second kappa shape index (κ2) is 3.14. The third-order valence-electron chi connectivity index (χ3n) is 1.11. The average Bonchev–Trinajstić information content (AvgIpc) is 1.85. The zero-order valence-corrected chi connectivity index (χ0v) is 6.16. The Hall–Kier alpha value is -1.38. The van der Waals surface area contributed by atoms with Crippen LogP contribution in [0.3, 0.4) is 0 Å². The Morgan fingerprint density at radius 2 is 2.18 bits per heavy atom. The Bertz CT molecular complexity index is 225. The van der Waals surface area contributed by atoms with E-state index in [1.165, 1.54) is 12.1 Å². The molecule has 11 heavy (non-hydrogen) atoms. The summed E-state index contributed by atoms with van der Waals surface area (Å²) in [6.07, 6.45) is 0. The Kier molecular flexibility index (Phi) is 2.21. The van der Waals surface area contributed by atoms with Crippen LogP contribution in [0.25, 0.3) is 0 Å². The Morgan fingerprint density at radius 3 is 2.73 bits per heavy atom. The summed E-state index contributed by atoms with van der Waals surface area (Å²) in [6.45, 7) is 2.30. The number of phenolic OH excluding ortho intramolecular Hbond substituents is 2. The minimum atomic E-state index is -0.117. The molecular formula is C8H9O3. The van der Waals surface area contributed by atoms with Gasteiger partial charge in [-0.15, -0.1) is 0 Å². The third-order valence-corrected chi connectivity index (χ3v) is 1.11. The smallest absolute Gasteiger partial charge is 0.134 e. The molecule has 0 bridgehead atoms. The van der Waals surface area contributed by atoms with Gasteiger partial charge in [-0.2, -0.15) is 0 Å². The van der Waals surface area contributed by atoms with E-state index >= 15 is 0 Å². The van der Waals surface area contributed by atoms with Crippen LogP contribution in [0.15, 0.2) is 12.1 Å². The summed E-state index contributed by atoms with van der Waals surface area (Å²) in [7, 11) is 0. The van der Waals surface area contributed by atoms with Crippen LogP contribution < -0.4 is 4.74 Å². The molecule has 0 amide bonds. The van der Waals surface area contributed by atoms with E-state index in [9.17, 15) is 0 Å². The molecule has 0 fully saturated rings. The first-order chi connectivity index (χ1) is 5.22. The van der Waals surface area contributed by atoms with Gasteiger partial charge in [-0.05, 0) is 6.92 Å². The monoisotopic (exact) mass is 153 g/mol. The maximum absolute atomic E-state index is 8.96. The second-order valence-corrected chi connectivity index (χ2v) is 2.02. The first kappa shape index (κ1) is 7.72. The molecule has 1 radical (unpaired) electrons. The highest BCUT2D eigenvalue weighted by Gasteiger charge is 1.98. The van der Waals surface area contributed by atoms with E-state index < -0.39 is 0 Å². The molecule has 0 aliphatic rings. The van der Waals surface area contributed by atoms with Crippen molar-refractivity contribution in [3.8, 4) is 17.2 Å². The number of hydrogen-bond acceptors (Lipinski definition) is 3. The van der Waals surface area contributed by atoms with Gasteiger partial charge in [0, 0.05) is 12.1 Å². The standard InChI is InChI=1S/C8H9O3/c1-2-11-8-4-6(9)3-7(10)5-8/h3-4,9-10H,2H2,1H3. The SMILES string of the molecule is CCOc1[c]c(O)cc(O)c1. The van der Waals surface area contributed by atoms with Crippen molar-refractivity contribution in [2.45, 2.75) is 6.92 Å². The van der Waals surface area contributed by atoms with Crippen molar-refractivity contribution < 1.29 is 14.9 Å². The first-order valence-electron chi connectivity index (χ1n) is 3.30. The highest BCUT2D eigenvalue weighted by Crippen LogP contribution is 2.24. The maximum Gasteiger partial charge on any atom is 0.134 e. The molecule has 1 rings (SSSR count). The molecule has 0 atom stereocenters. The zero-order chi connectivity index (χ0) is 8.27. The molecule has 0 spiro atoms. The van der Waals surface area contributed by atoms with Gasteiger partial charge in [0.1, 0.15) is 17.2 Å². The highest BCUT2D eigenvalue weighted by molar-refractivity contribution is 5.38. The fourth-order valence-electron chi connectivity index (χ4n) is 0.748. The lowest BCUT2D eigenvalue weighted by atomic mass is 10.3. The number of ether oxygens (including phenoxy) is 1. The summed E-state index contributed by atoms with van der Waals surface area (Å²) in [4.78, 5) is 0. The van der Waals surface area contributed by atoms with Gasteiger partial charge in [-0.3, -0.25) is 0 Å². The lowest BCUT2D eigenvalue weighted by molar-refractivity contribution is 0.333. The van der Waals surface area contributed by atoms with Crippen LogP contribution in [0.5, 0.6) is 17.2 Å². The molecule has 59 valence electrons. The maximum atomic E-state index is 8.96. The van der Waals surface area contributed by atoms with Crippen molar-refractivity contribution in [1.82, 2.24) is 0 Å². The number of benzene rings is 1. The van der Waals surface area contributed by atoms with Crippen LogP contribution in [0.1, 0.15) is 6.92 Å². The molecule has 2 N–H and O–H groups in total. The topological polar surface area (TPSA) is 49.7 Å². The van der Waals surface area contributed by atoms with Gasteiger partial charge in [0.2, 0.25) is 0 Å². The number of hydrogen-bond donors (Lipinski definition) is 2. The summed E-state index contributed by atoms with van der Waals surface area (Å²) in [5.74, 6) is 0.211. The van der Waals surface area contributed by atoms with E-state index in [0.717, 1.165) is 0 Å². The first-order valence-corrected chi connectivity index (χ1v) is 3.30. The summed E-state index contributed by atoms with van der Waals surface area (Å²) >= 11 is 0. The summed E-state index contributed by atoms with van der Waals surface area (Å²) in [5.41, 5.74) is 0. The van der Waals surface area contributed by atoms with Crippen LogP contribution >= 0.6 is 0 Å². The molecule has 0 saturated carbocycles. The minimum Gasteiger partial charge on any atom is -0.508 e. The van der Waals surface area contributed by atoms with E-state index in [4.69, 9.17) is 14.9 Å². The van der Waals surface area contributed by atoms with Gasteiger partial charge in [-0.25, -0.2) is 0 Å². The van der Waals surface area contributed by atoms with Crippen molar-refractivity contribution in [2.75, 3.05) is 6.61 Å². The fourth-order valence-corrected chi connectivity index (χ4v) is 0.748. The molecular weight excluding hydrogens is 144 g/mol. The molecule has 3 nitrogen and oxygen atoms in total. The fraction of sp³-hybridized carbons (Fsp3) is 0.250. The Morgan fingerprint density at radius 1 is 1.45 bits per heavy atom. The molecule has 0 saturated heterocycles. The van der Waals surface area contributed by atoms with Crippen molar-refractivity contribution >= 4 is 0 Å². The molecule has 3 heteroatoms. The molecule has 0 unspecified atom stereocenters. The summed E-state index contributed by atoms with van der Waals surface area (Å²) in [6, 6.07) is 5.11.